The Balaban J connectivity index is 0.00000112. The lowest BCUT2D eigenvalue weighted by Gasteiger charge is -2.11. The van der Waals surface area contributed by atoms with Gasteiger partial charge in [-0.25, -0.2) is 4.79 Å². The standard InChI is InChI=1S/C11H13NO2.ClH/c1-7-3-4-8(2)9(5-7)10-6-14-11(13)12-10;/h3-5,10H,6H2,1-2H3,(H,12,13);1H/t10-;/m0./s1. The van der Waals surface area contributed by atoms with E-state index in [9.17, 15) is 4.79 Å². The minimum absolute atomic E-state index is 0. The second-order valence-electron chi connectivity index (χ2n) is 3.66. The molecule has 0 spiro atoms. The number of benzene rings is 1. The first-order valence-corrected chi connectivity index (χ1v) is 4.67. The molecule has 82 valence electrons. The van der Waals surface area contributed by atoms with Crippen LogP contribution in [0.4, 0.5) is 4.79 Å². The molecule has 1 amide bonds. The summed E-state index contributed by atoms with van der Waals surface area (Å²) in [6, 6.07) is 6.24. The minimum atomic E-state index is -0.323. The summed E-state index contributed by atoms with van der Waals surface area (Å²) in [6.45, 7) is 4.52. The average Bonchev–Trinajstić information content (AvgIpc) is 2.56. The second-order valence-corrected chi connectivity index (χ2v) is 3.66. The van der Waals surface area contributed by atoms with Crippen LogP contribution < -0.4 is 5.32 Å². The number of nitrogens with one attached hydrogen (secondary N) is 1. The SMILES string of the molecule is Cc1ccc(C)c([C@@H]2COC(=O)N2)c1.Cl. The Kier molecular flexibility index (Phi) is 3.58. The molecule has 0 aromatic heterocycles. The first-order valence-electron chi connectivity index (χ1n) is 4.67. The molecule has 15 heavy (non-hydrogen) atoms. The van der Waals surface area contributed by atoms with Crippen molar-refractivity contribution in [2.24, 2.45) is 0 Å². The van der Waals surface area contributed by atoms with Crippen LogP contribution in [0.5, 0.6) is 0 Å². The van der Waals surface area contributed by atoms with Gasteiger partial charge < -0.3 is 10.1 Å². The van der Waals surface area contributed by atoms with Gasteiger partial charge in [-0.1, -0.05) is 23.8 Å². The van der Waals surface area contributed by atoms with E-state index in [-0.39, 0.29) is 24.5 Å². The number of alkyl carbamates (subject to hydrolysis) is 1. The van der Waals surface area contributed by atoms with Crippen molar-refractivity contribution < 1.29 is 9.53 Å². The van der Waals surface area contributed by atoms with Crippen molar-refractivity contribution in [2.45, 2.75) is 19.9 Å². The van der Waals surface area contributed by atoms with Crippen LogP contribution in [0, 0.1) is 13.8 Å². The molecule has 1 fully saturated rings. The summed E-state index contributed by atoms with van der Waals surface area (Å²) >= 11 is 0. The molecule has 0 saturated carbocycles. The minimum Gasteiger partial charge on any atom is -0.447 e. The van der Waals surface area contributed by atoms with E-state index in [1.807, 2.05) is 13.8 Å². The number of aryl methyl sites for hydroxylation is 2. The largest absolute Gasteiger partial charge is 0.447 e. The predicted octanol–water partition coefficient (Wildman–Crippen LogP) is 2.51. The number of hydrogen-bond donors (Lipinski definition) is 1. The van der Waals surface area contributed by atoms with Crippen molar-refractivity contribution in [3.05, 3.63) is 34.9 Å². The summed E-state index contributed by atoms with van der Waals surface area (Å²) < 4.78 is 4.86. The molecule has 1 aromatic rings. The zero-order valence-corrected chi connectivity index (χ0v) is 9.56. The highest BCUT2D eigenvalue weighted by Gasteiger charge is 2.24. The van der Waals surface area contributed by atoms with Crippen molar-refractivity contribution in [3.8, 4) is 0 Å². The number of rotatable bonds is 1. The molecule has 3 nitrogen and oxygen atoms in total. The number of amides is 1. The molecule has 1 aliphatic rings. The molecular weight excluding hydrogens is 214 g/mol. The molecule has 1 saturated heterocycles. The third-order valence-corrected chi connectivity index (χ3v) is 2.48. The van der Waals surface area contributed by atoms with Crippen LogP contribution in [-0.4, -0.2) is 12.7 Å². The van der Waals surface area contributed by atoms with Crippen molar-refractivity contribution in [1.29, 1.82) is 0 Å². The Labute approximate surface area is 95.2 Å². The lowest BCUT2D eigenvalue weighted by Crippen LogP contribution is -2.19. The van der Waals surface area contributed by atoms with E-state index in [4.69, 9.17) is 4.74 Å². The molecular formula is C11H14ClNO2. The lowest BCUT2D eigenvalue weighted by molar-refractivity contribution is 0.177. The molecule has 0 bridgehead atoms. The molecule has 1 heterocycles. The van der Waals surface area contributed by atoms with Crippen molar-refractivity contribution in [1.82, 2.24) is 5.32 Å². The Morgan fingerprint density at radius 1 is 1.40 bits per heavy atom. The zero-order chi connectivity index (χ0) is 10.1. The number of hydrogen-bond acceptors (Lipinski definition) is 2. The van der Waals surface area contributed by atoms with Crippen molar-refractivity contribution >= 4 is 18.5 Å². The topological polar surface area (TPSA) is 38.3 Å². The lowest BCUT2D eigenvalue weighted by atomic mass is 10.00. The molecule has 2 rings (SSSR count). The third kappa shape index (κ3) is 2.42. The third-order valence-electron chi connectivity index (χ3n) is 2.48. The van der Waals surface area contributed by atoms with Gasteiger partial charge in [-0.2, -0.15) is 0 Å². The summed E-state index contributed by atoms with van der Waals surface area (Å²) in [4.78, 5) is 10.9. The number of cyclic esters (lactones) is 1. The fourth-order valence-electron chi connectivity index (χ4n) is 1.69. The van der Waals surface area contributed by atoms with Gasteiger partial charge in [0.05, 0.1) is 6.04 Å². The van der Waals surface area contributed by atoms with Gasteiger partial charge in [0.1, 0.15) is 6.61 Å². The van der Waals surface area contributed by atoms with E-state index in [2.05, 4.69) is 23.5 Å². The quantitative estimate of drug-likeness (QED) is 0.801. The number of halogens is 1. The van der Waals surface area contributed by atoms with E-state index in [0.29, 0.717) is 6.61 Å². The Hall–Kier alpha value is -1.22. The van der Waals surface area contributed by atoms with Crippen LogP contribution in [0.25, 0.3) is 0 Å². The Bertz CT molecular complexity index is 379. The number of carbonyl (C=O) groups excluding carboxylic acids is 1. The summed E-state index contributed by atoms with van der Waals surface area (Å²) in [5, 5.41) is 2.78. The monoisotopic (exact) mass is 227 g/mol. The first-order chi connectivity index (χ1) is 6.66. The van der Waals surface area contributed by atoms with Gasteiger partial charge in [-0.15, -0.1) is 12.4 Å². The van der Waals surface area contributed by atoms with E-state index in [1.165, 1.54) is 11.1 Å². The highest BCUT2D eigenvalue weighted by molar-refractivity contribution is 5.85. The van der Waals surface area contributed by atoms with Gasteiger partial charge in [0.15, 0.2) is 0 Å². The van der Waals surface area contributed by atoms with E-state index in [0.717, 1.165) is 5.56 Å². The van der Waals surface area contributed by atoms with Crippen LogP contribution in [0.2, 0.25) is 0 Å². The van der Waals surface area contributed by atoms with E-state index < -0.39 is 0 Å². The molecule has 4 heteroatoms. The number of ether oxygens (including phenoxy) is 1. The Morgan fingerprint density at radius 2 is 2.13 bits per heavy atom. The van der Waals surface area contributed by atoms with Gasteiger partial charge in [0.25, 0.3) is 0 Å². The summed E-state index contributed by atoms with van der Waals surface area (Å²) in [5.41, 5.74) is 3.54. The molecule has 1 atom stereocenters. The van der Waals surface area contributed by atoms with Gasteiger partial charge >= 0.3 is 6.09 Å². The van der Waals surface area contributed by atoms with Gasteiger partial charge in [-0.05, 0) is 25.0 Å². The van der Waals surface area contributed by atoms with Crippen LogP contribution in [0.15, 0.2) is 18.2 Å². The average molecular weight is 228 g/mol. The maximum absolute atomic E-state index is 10.9. The predicted molar refractivity (Wildman–Crippen MR) is 60.4 cm³/mol. The highest BCUT2D eigenvalue weighted by Crippen LogP contribution is 2.22. The normalized spacial score (nSPS) is 19.1. The molecule has 1 N–H and O–H groups in total. The molecule has 0 radical (unpaired) electrons. The smallest absolute Gasteiger partial charge is 0.407 e. The van der Waals surface area contributed by atoms with Crippen LogP contribution in [0.3, 0.4) is 0 Å². The van der Waals surface area contributed by atoms with Crippen molar-refractivity contribution in [3.63, 3.8) is 0 Å². The maximum Gasteiger partial charge on any atom is 0.407 e. The van der Waals surface area contributed by atoms with Gasteiger partial charge in [0, 0.05) is 0 Å². The van der Waals surface area contributed by atoms with Crippen LogP contribution in [-0.2, 0) is 4.74 Å². The van der Waals surface area contributed by atoms with Gasteiger partial charge in [0.2, 0.25) is 0 Å². The summed E-state index contributed by atoms with van der Waals surface area (Å²) in [5.74, 6) is 0. The highest BCUT2D eigenvalue weighted by atomic mass is 35.5. The molecule has 1 aromatic carbocycles. The molecule has 1 aliphatic heterocycles. The van der Waals surface area contributed by atoms with Crippen LogP contribution >= 0.6 is 12.4 Å². The van der Waals surface area contributed by atoms with E-state index in [1.54, 1.807) is 0 Å². The maximum atomic E-state index is 10.9. The van der Waals surface area contributed by atoms with E-state index >= 15 is 0 Å². The van der Waals surface area contributed by atoms with Gasteiger partial charge in [-0.3, -0.25) is 0 Å². The number of carbonyl (C=O) groups is 1. The molecule has 0 unspecified atom stereocenters. The Morgan fingerprint density at radius 3 is 2.73 bits per heavy atom. The fourth-order valence-corrected chi connectivity index (χ4v) is 1.69. The van der Waals surface area contributed by atoms with Crippen molar-refractivity contribution in [2.75, 3.05) is 6.61 Å². The zero-order valence-electron chi connectivity index (χ0n) is 8.74. The fraction of sp³-hybridized carbons (Fsp3) is 0.364. The summed E-state index contributed by atoms with van der Waals surface area (Å²) in [6.07, 6.45) is -0.323. The molecule has 0 aliphatic carbocycles. The van der Waals surface area contributed by atoms with Crippen LogP contribution in [0.1, 0.15) is 22.7 Å². The summed E-state index contributed by atoms with van der Waals surface area (Å²) in [7, 11) is 0. The first kappa shape index (κ1) is 11.9. The second kappa shape index (κ2) is 4.53.